The van der Waals surface area contributed by atoms with E-state index in [0.717, 1.165) is 23.1 Å². The number of nitrogens with one attached hydrogen (secondary N) is 1. The molecule has 0 aliphatic carbocycles. The lowest BCUT2D eigenvalue weighted by Crippen LogP contribution is -2.10. The van der Waals surface area contributed by atoms with Crippen LogP contribution in [0.5, 0.6) is 0 Å². The number of aliphatic hydroxyl groups is 1. The van der Waals surface area contributed by atoms with Gasteiger partial charge in [-0.05, 0) is 60.3 Å². The van der Waals surface area contributed by atoms with Crippen molar-refractivity contribution < 1.29 is 5.11 Å². The molecule has 2 nitrogen and oxygen atoms in total. The van der Waals surface area contributed by atoms with E-state index >= 15 is 0 Å². The summed E-state index contributed by atoms with van der Waals surface area (Å²) in [6.45, 7) is 6.76. The first-order valence-electron chi connectivity index (χ1n) is 5.19. The number of halogens is 1. The molecule has 3 heteroatoms. The van der Waals surface area contributed by atoms with E-state index in [-0.39, 0.29) is 6.10 Å². The highest BCUT2D eigenvalue weighted by Crippen LogP contribution is 2.27. The van der Waals surface area contributed by atoms with Crippen molar-refractivity contribution in [2.75, 3.05) is 11.9 Å². The predicted octanol–water partition coefficient (Wildman–Crippen LogP) is 3.25. The van der Waals surface area contributed by atoms with Crippen molar-refractivity contribution in [1.82, 2.24) is 0 Å². The first-order valence-corrected chi connectivity index (χ1v) is 5.98. The zero-order valence-corrected chi connectivity index (χ0v) is 11.1. The van der Waals surface area contributed by atoms with E-state index in [9.17, 15) is 0 Å². The van der Waals surface area contributed by atoms with E-state index in [2.05, 4.69) is 47.2 Å². The third-order valence-electron chi connectivity index (χ3n) is 2.30. The molecule has 0 saturated heterocycles. The van der Waals surface area contributed by atoms with Crippen molar-refractivity contribution in [3.8, 4) is 0 Å². The van der Waals surface area contributed by atoms with Crippen molar-refractivity contribution in [2.24, 2.45) is 0 Å². The van der Waals surface area contributed by atoms with Crippen LogP contribution in [0.3, 0.4) is 0 Å². The Morgan fingerprint density at radius 1 is 1.40 bits per heavy atom. The highest BCUT2D eigenvalue weighted by atomic mass is 79.9. The van der Waals surface area contributed by atoms with E-state index in [4.69, 9.17) is 5.11 Å². The Morgan fingerprint density at radius 2 is 2.07 bits per heavy atom. The van der Waals surface area contributed by atoms with Crippen molar-refractivity contribution in [3.63, 3.8) is 0 Å². The smallest absolute Gasteiger partial charge is 0.0528 e. The molecule has 0 fully saturated rings. The molecule has 1 unspecified atom stereocenters. The average Bonchev–Trinajstić information content (AvgIpc) is 2.08. The van der Waals surface area contributed by atoms with Crippen LogP contribution in [0.2, 0.25) is 0 Å². The molecule has 0 radical (unpaired) electrons. The van der Waals surface area contributed by atoms with Crippen LogP contribution in [0.4, 0.5) is 5.69 Å². The predicted molar refractivity (Wildman–Crippen MR) is 68.4 cm³/mol. The fourth-order valence-electron chi connectivity index (χ4n) is 1.55. The van der Waals surface area contributed by atoms with Gasteiger partial charge in [-0.3, -0.25) is 0 Å². The third-order valence-corrected chi connectivity index (χ3v) is 2.92. The van der Waals surface area contributed by atoms with E-state index in [1.54, 1.807) is 6.92 Å². The van der Waals surface area contributed by atoms with Crippen LogP contribution in [0.25, 0.3) is 0 Å². The summed E-state index contributed by atoms with van der Waals surface area (Å²) in [6.07, 6.45) is 0.516. The molecule has 0 aromatic heterocycles. The van der Waals surface area contributed by atoms with Gasteiger partial charge in [-0.2, -0.15) is 0 Å². The average molecular weight is 272 g/mol. The minimum atomic E-state index is -0.248. The number of hydrogen-bond donors (Lipinski definition) is 2. The van der Waals surface area contributed by atoms with E-state index in [0.29, 0.717) is 0 Å². The summed E-state index contributed by atoms with van der Waals surface area (Å²) < 4.78 is 1.09. The van der Waals surface area contributed by atoms with Gasteiger partial charge in [0, 0.05) is 11.0 Å². The molecular weight excluding hydrogens is 254 g/mol. The fraction of sp³-hybridized carbons (Fsp3) is 0.500. The summed E-state index contributed by atoms with van der Waals surface area (Å²) in [5, 5.41) is 12.5. The Bertz CT molecular complexity index is 313. The number of aryl methyl sites for hydroxylation is 2. The van der Waals surface area contributed by atoms with Gasteiger partial charge in [0.1, 0.15) is 0 Å². The molecule has 1 aromatic carbocycles. The molecule has 2 N–H and O–H groups in total. The first-order chi connectivity index (χ1) is 7.00. The maximum atomic E-state index is 9.16. The van der Waals surface area contributed by atoms with Crippen LogP contribution in [-0.4, -0.2) is 17.8 Å². The Labute approximate surface area is 99.8 Å². The molecule has 15 heavy (non-hydrogen) atoms. The monoisotopic (exact) mass is 271 g/mol. The van der Waals surface area contributed by atoms with Crippen molar-refractivity contribution >= 4 is 21.6 Å². The zero-order chi connectivity index (χ0) is 11.4. The van der Waals surface area contributed by atoms with Crippen molar-refractivity contribution in [3.05, 3.63) is 27.7 Å². The van der Waals surface area contributed by atoms with Crippen LogP contribution in [0, 0.1) is 13.8 Å². The van der Waals surface area contributed by atoms with E-state index in [1.165, 1.54) is 11.1 Å². The number of anilines is 1. The summed E-state index contributed by atoms with van der Waals surface area (Å²) in [5.74, 6) is 0. The molecule has 1 atom stereocenters. The standard InChI is InChI=1S/C12H18BrNO/c1-8-6-9(2)12(11(13)7-8)14-5-4-10(3)15/h6-7,10,14-15H,4-5H2,1-3H3. The quantitative estimate of drug-likeness (QED) is 0.881. The second kappa shape index (κ2) is 5.52. The van der Waals surface area contributed by atoms with Crippen LogP contribution in [0.15, 0.2) is 16.6 Å². The molecule has 0 aliphatic rings. The Kier molecular flexibility index (Phi) is 4.61. The molecule has 0 amide bonds. The third kappa shape index (κ3) is 3.84. The summed E-state index contributed by atoms with van der Waals surface area (Å²) in [5.41, 5.74) is 3.61. The van der Waals surface area contributed by atoms with Gasteiger partial charge >= 0.3 is 0 Å². The van der Waals surface area contributed by atoms with E-state index < -0.39 is 0 Å². The minimum Gasteiger partial charge on any atom is -0.393 e. The number of benzene rings is 1. The maximum Gasteiger partial charge on any atom is 0.0528 e. The number of rotatable bonds is 4. The molecule has 0 spiro atoms. The molecule has 0 heterocycles. The van der Waals surface area contributed by atoms with Gasteiger partial charge in [0.2, 0.25) is 0 Å². The van der Waals surface area contributed by atoms with Gasteiger partial charge < -0.3 is 10.4 Å². The van der Waals surface area contributed by atoms with Crippen molar-refractivity contribution in [2.45, 2.75) is 33.3 Å². The summed E-state index contributed by atoms with van der Waals surface area (Å²) in [4.78, 5) is 0. The zero-order valence-electron chi connectivity index (χ0n) is 9.47. The van der Waals surface area contributed by atoms with Crippen LogP contribution in [0.1, 0.15) is 24.5 Å². The molecule has 84 valence electrons. The second-order valence-electron chi connectivity index (χ2n) is 4.00. The van der Waals surface area contributed by atoms with Gasteiger partial charge in [0.25, 0.3) is 0 Å². The van der Waals surface area contributed by atoms with Crippen LogP contribution >= 0.6 is 15.9 Å². The van der Waals surface area contributed by atoms with Gasteiger partial charge in [0.05, 0.1) is 11.8 Å². The summed E-state index contributed by atoms with van der Waals surface area (Å²) >= 11 is 3.54. The lowest BCUT2D eigenvalue weighted by molar-refractivity contribution is 0.188. The largest absolute Gasteiger partial charge is 0.393 e. The number of aliphatic hydroxyl groups excluding tert-OH is 1. The Hall–Kier alpha value is -0.540. The molecule has 1 rings (SSSR count). The molecule has 0 aliphatic heterocycles. The Morgan fingerprint density at radius 3 is 2.60 bits per heavy atom. The van der Waals surface area contributed by atoms with Crippen LogP contribution in [-0.2, 0) is 0 Å². The highest BCUT2D eigenvalue weighted by molar-refractivity contribution is 9.10. The maximum absolute atomic E-state index is 9.16. The first kappa shape index (κ1) is 12.5. The van der Waals surface area contributed by atoms with Gasteiger partial charge in [0.15, 0.2) is 0 Å². The molecule has 1 aromatic rings. The summed E-state index contributed by atoms with van der Waals surface area (Å²) in [7, 11) is 0. The lowest BCUT2D eigenvalue weighted by atomic mass is 10.1. The minimum absolute atomic E-state index is 0.248. The lowest BCUT2D eigenvalue weighted by Gasteiger charge is -2.13. The van der Waals surface area contributed by atoms with Gasteiger partial charge in [-0.25, -0.2) is 0 Å². The highest BCUT2D eigenvalue weighted by Gasteiger charge is 2.04. The van der Waals surface area contributed by atoms with Gasteiger partial charge in [-0.15, -0.1) is 0 Å². The van der Waals surface area contributed by atoms with Crippen LogP contribution < -0.4 is 5.32 Å². The topological polar surface area (TPSA) is 32.3 Å². The molecule has 0 bridgehead atoms. The Balaban J connectivity index is 2.68. The second-order valence-corrected chi connectivity index (χ2v) is 4.86. The SMILES string of the molecule is Cc1cc(C)c(NCCC(C)O)c(Br)c1. The number of hydrogen-bond acceptors (Lipinski definition) is 2. The van der Waals surface area contributed by atoms with Crippen molar-refractivity contribution in [1.29, 1.82) is 0 Å². The summed E-state index contributed by atoms with van der Waals surface area (Å²) in [6, 6.07) is 4.24. The fourth-order valence-corrected chi connectivity index (χ4v) is 2.36. The van der Waals surface area contributed by atoms with Gasteiger partial charge in [-0.1, -0.05) is 6.07 Å². The molecule has 0 saturated carbocycles. The van der Waals surface area contributed by atoms with E-state index in [1.807, 2.05) is 0 Å². The normalized spacial score (nSPS) is 12.6. The molecular formula is C12H18BrNO.